The third-order valence-corrected chi connectivity index (χ3v) is 7.89. The zero-order chi connectivity index (χ0) is 26.4. The molecule has 0 radical (unpaired) electrons. The molecule has 1 aliphatic heterocycles. The average molecular weight is 525 g/mol. The van der Waals surface area contributed by atoms with E-state index in [-0.39, 0.29) is 17.9 Å². The van der Waals surface area contributed by atoms with Gasteiger partial charge in [0.05, 0.1) is 22.7 Å². The number of hydrogen-bond donors (Lipinski definition) is 3. The Labute approximate surface area is 215 Å². The molecule has 3 aromatic carbocycles. The second-order valence-corrected chi connectivity index (χ2v) is 10.6. The third kappa shape index (κ3) is 6.08. The fourth-order valence-corrected chi connectivity index (χ4v) is 5.76. The number of amides is 2. The van der Waals surface area contributed by atoms with Crippen LogP contribution in [0.25, 0.3) is 0 Å². The second kappa shape index (κ2) is 11.4. The molecule has 0 unspecified atom stereocenters. The SMILES string of the molecule is Cc1ccc(S(=O)(=O)N2c3ccccc3NC(=O)[C@H]2CC(=O)NCCc2ccc(NCCF)cc2)cc1. The van der Waals surface area contributed by atoms with Crippen LogP contribution >= 0.6 is 0 Å². The van der Waals surface area contributed by atoms with Gasteiger partial charge in [-0.1, -0.05) is 42.0 Å². The van der Waals surface area contributed by atoms with Crippen LogP contribution in [-0.2, 0) is 26.0 Å². The molecule has 0 aliphatic carbocycles. The van der Waals surface area contributed by atoms with Crippen molar-refractivity contribution in [3.63, 3.8) is 0 Å². The molecule has 0 saturated carbocycles. The van der Waals surface area contributed by atoms with Crippen LogP contribution in [-0.4, -0.2) is 46.0 Å². The minimum absolute atomic E-state index is 0.0393. The van der Waals surface area contributed by atoms with Gasteiger partial charge in [0.1, 0.15) is 12.7 Å². The summed E-state index contributed by atoms with van der Waals surface area (Å²) in [6, 6.07) is 19.2. The summed E-state index contributed by atoms with van der Waals surface area (Å²) in [4.78, 5) is 25.9. The Morgan fingerprint density at radius 1 is 1.00 bits per heavy atom. The standard InChI is InChI=1S/C27H29FN4O4S/c1-19-6-12-22(13-7-19)37(35,36)32-24-5-3-2-4-23(24)31-27(34)25(32)18-26(33)30-16-14-20-8-10-21(11-9-20)29-17-15-28/h2-13,25,29H,14-18H2,1H3,(H,30,33)(H,31,34)/t25-/m1/s1. The topological polar surface area (TPSA) is 108 Å². The van der Waals surface area contributed by atoms with Gasteiger partial charge >= 0.3 is 0 Å². The van der Waals surface area contributed by atoms with Crippen LogP contribution in [0.4, 0.5) is 21.5 Å². The van der Waals surface area contributed by atoms with Crippen molar-refractivity contribution in [1.82, 2.24) is 5.32 Å². The van der Waals surface area contributed by atoms with E-state index in [0.29, 0.717) is 24.3 Å². The zero-order valence-corrected chi connectivity index (χ0v) is 21.2. The fraction of sp³-hybridized carbons (Fsp3) is 0.259. The van der Waals surface area contributed by atoms with Crippen LogP contribution < -0.4 is 20.3 Å². The first-order valence-corrected chi connectivity index (χ1v) is 13.4. The number of anilines is 3. The molecule has 3 N–H and O–H groups in total. The number of nitrogens with one attached hydrogen (secondary N) is 3. The number of fused-ring (bicyclic) bond motifs is 1. The number of hydrogen-bond acceptors (Lipinski definition) is 5. The molecule has 1 aliphatic rings. The normalized spacial score (nSPS) is 15.0. The number of carbonyl (C=O) groups is 2. The molecule has 0 fully saturated rings. The number of sulfonamides is 1. The van der Waals surface area contributed by atoms with E-state index in [1.807, 2.05) is 31.2 Å². The molecule has 37 heavy (non-hydrogen) atoms. The van der Waals surface area contributed by atoms with Gasteiger partial charge in [0, 0.05) is 18.8 Å². The molecule has 10 heteroatoms. The van der Waals surface area contributed by atoms with Crippen molar-refractivity contribution in [2.24, 2.45) is 0 Å². The van der Waals surface area contributed by atoms with Gasteiger partial charge in [-0.3, -0.25) is 13.9 Å². The molecule has 0 bridgehead atoms. The lowest BCUT2D eigenvalue weighted by Gasteiger charge is -2.36. The minimum atomic E-state index is -4.13. The highest BCUT2D eigenvalue weighted by Gasteiger charge is 2.41. The highest BCUT2D eigenvalue weighted by atomic mass is 32.2. The Hall–Kier alpha value is -3.92. The summed E-state index contributed by atoms with van der Waals surface area (Å²) in [6.07, 6.45) is 0.206. The van der Waals surface area contributed by atoms with Gasteiger partial charge in [-0.15, -0.1) is 0 Å². The van der Waals surface area contributed by atoms with E-state index in [9.17, 15) is 22.4 Å². The molecule has 0 spiro atoms. The summed E-state index contributed by atoms with van der Waals surface area (Å²) >= 11 is 0. The zero-order valence-electron chi connectivity index (χ0n) is 20.4. The lowest BCUT2D eigenvalue weighted by Crippen LogP contribution is -2.52. The first-order valence-electron chi connectivity index (χ1n) is 12.0. The molecule has 0 aromatic heterocycles. The van der Waals surface area contributed by atoms with E-state index in [1.54, 1.807) is 36.4 Å². The Kier molecular flexibility index (Phi) is 8.08. The highest BCUT2D eigenvalue weighted by molar-refractivity contribution is 7.93. The summed E-state index contributed by atoms with van der Waals surface area (Å²) in [5.74, 6) is -1.01. The van der Waals surface area contributed by atoms with E-state index < -0.39 is 34.6 Å². The van der Waals surface area contributed by atoms with Crippen molar-refractivity contribution in [2.45, 2.75) is 30.7 Å². The van der Waals surface area contributed by atoms with E-state index >= 15 is 0 Å². The summed E-state index contributed by atoms with van der Waals surface area (Å²) in [5, 5.41) is 8.46. The van der Waals surface area contributed by atoms with Crippen molar-refractivity contribution in [3.05, 3.63) is 83.9 Å². The van der Waals surface area contributed by atoms with Crippen molar-refractivity contribution in [1.29, 1.82) is 0 Å². The highest BCUT2D eigenvalue weighted by Crippen LogP contribution is 2.37. The molecule has 194 valence electrons. The number of nitrogens with zero attached hydrogens (tertiary/aromatic N) is 1. The van der Waals surface area contributed by atoms with Crippen LogP contribution in [0.3, 0.4) is 0 Å². The summed E-state index contributed by atoms with van der Waals surface area (Å²) < 4.78 is 40.7. The van der Waals surface area contributed by atoms with E-state index in [0.717, 1.165) is 21.1 Å². The second-order valence-electron chi connectivity index (χ2n) is 8.75. The first kappa shape index (κ1) is 26.2. The summed E-state index contributed by atoms with van der Waals surface area (Å²) in [5.41, 5.74) is 3.35. The van der Waals surface area contributed by atoms with Crippen molar-refractivity contribution in [2.75, 3.05) is 34.7 Å². The van der Waals surface area contributed by atoms with Gasteiger partial charge in [-0.05, 0) is 55.3 Å². The van der Waals surface area contributed by atoms with Gasteiger partial charge in [0.2, 0.25) is 11.8 Å². The van der Waals surface area contributed by atoms with Crippen LogP contribution in [0, 0.1) is 6.92 Å². The van der Waals surface area contributed by atoms with Gasteiger partial charge in [0.15, 0.2) is 0 Å². The Balaban J connectivity index is 1.48. The molecule has 3 aromatic rings. The summed E-state index contributed by atoms with van der Waals surface area (Å²) in [7, 11) is -4.13. The number of carbonyl (C=O) groups excluding carboxylic acids is 2. The van der Waals surface area contributed by atoms with Crippen molar-refractivity contribution < 1.29 is 22.4 Å². The predicted molar refractivity (Wildman–Crippen MR) is 142 cm³/mol. The number of para-hydroxylation sites is 2. The van der Waals surface area contributed by atoms with Gasteiger partial charge in [0.25, 0.3) is 10.0 Å². The molecule has 0 saturated heterocycles. The Morgan fingerprint density at radius 2 is 1.70 bits per heavy atom. The van der Waals surface area contributed by atoms with Crippen molar-refractivity contribution >= 4 is 38.9 Å². The maximum atomic E-state index is 13.7. The number of aryl methyl sites for hydroxylation is 1. The predicted octanol–water partition coefficient (Wildman–Crippen LogP) is 3.64. The lowest BCUT2D eigenvalue weighted by molar-refractivity contribution is -0.125. The van der Waals surface area contributed by atoms with Crippen LogP contribution in [0.15, 0.2) is 77.7 Å². The molecular formula is C27H29FN4O4S. The maximum absolute atomic E-state index is 13.7. The van der Waals surface area contributed by atoms with Gasteiger partial charge < -0.3 is 16.0 Å². The molecule has 8 nitrogen and oxygen atoms in total. The summed E-state index contributed by atoms with van der Waals surface area (Å²) in [6.45, 7) is 1.95. The number of benzene rings is 3. The van der Waals surface area contributed by atoms with Crippen molar-refractivity contribution in [3.8, 4) is 0 Å². The van der Waals surface area contributed by atoms with Gasteiger partial charge in [-0.25, -0.2) is 12.8 Å². The van der Waals surface area contributed by atoms with Crippen LogP contribution in [0.1, 0.15) is 17.5 Å². The average Bonchev–Trinajstić information content (AvgIpc) is 2.88. The number of rotatable bonds is 10. The Bertz CT molecular complexity index is 1360. The lowest BCUT2D eigenvalue weighted by atomic mass is 10.1. The molecule has 4 rings (SSSR count). The fourth-order valence-electron chi connectivity index (χ4n) is 4.13. The van der Waals surface area contributed by atoms with Crippen LogP contribution in [0.2, 0.25) is 0 Å². The van der Waals surface area contributed by atoms with Crippen LogP contribution in [0.5, 0.6) is 0 Å². The monoisotopic (exact) mass is 524 g/mol. The molecule has 1 atom stereocenters. The largest absolute Gasteiger partial charge is 0.382 e. The molecule has 2 amide bonds. The third-order valence-electron chi connectivity index (χ3n) is 6.06. The van der Waals surface area contributed by atoms with E-state index in [2.05, 4.69) is 16.0 Å². The smallest absolute Gasteiger partial charge is 0.265 e. The minimum Gasteiger partial charge on any atom is -0.382 e. The molecular weight excluding hydrogens is 495 g/mol. The first-order chi connectivity index (χ1) is 17.8. The van der Waals surface area contributed by atoms with E-state index in [1.165, 1.54) is 12.1 Å². The van der Waals surface area contributed by atoms with Gasteiger partial charge in [-0.2, -0.15) is 0 Å². The number of alkyl halides is 1. The maximum Gasteiger partial charge on any atom is 0.265 e. The molecule has 1 heterocycles. The quantitative estimate of drug-likeness (QED) is 0.375. The number of halogens is 1. The Morgan fingerprint density at radius 3 is 2.41 bits per heavy atom. The van der Waals surface area contributed by atoms with E-state index in [4.69, 9.17) is 0 Å².